The minimum absolute atomic E-state index is 0.0194. The average Bonchev–Trinajstić information content (AvgIpc) is 2.60. The van der Waals surface area contributed by atoms with E-state index in [9.17, 15) is 14.9 Å². The number of hydrogen-bond donors (Lipinski definition) is 0. The molecule has 0 bridgehead atoms. The number of halogens is 1. The summed E-state index contributed by atoms with van der Waals surface area (Å²) in [4.78, 5) is 24.5. The number of benzene rings is 2. The number of fused-ring (bicyclic) bond motifs is 1. The van der Waals surface area contributed by atoms with Crippen LogP contribution in [0, 0.1) is 10.1 Å². The molecule has 0 unspecified atom stereocenters. The van der Waals surface area contributed by atoms with Gasteiger partial charge in [-0.3, -0.25) is 14.9 Å². The Morgan fingerprint density at radius 2 is 2.04 bits per heavy atom. The second-order valence-corrected chi connectivity index (χ2v) is 6.04. The first-order valence-corrected chi connectivity index (χ1v) is 7.91. The van der Waals surface area contributed by atoms with Gasteiger partial charge in [0.1, 0.15) is 12.2 Å². The molecule has 7 nitrogen and oxygen atoms in total. The highest BCUT2D eigenvalue weighted by molar-refractivity contribution is 6.31. The fourth-order valence-corrected chi connectivity index (χ4v) is 2.75. The van der Waals surface area contributed by atoms with Crippen molar-refractivity contribution in [2.75, 3.05) is 20.2 Å². The zero-order valence-electron chi connectivity index (χ0n) is 13.3. The predicted octanol–water partition coefficient (Wildman–Crippen LogP) is 3.16. The molecule has 0 N–H and O–H groups in total. The van der Waals surface area contributed by atoms with Gasteiger partial charge in [0.2, 0.25) is 0 Å². The van der Waals surface area contributed by atoms with E-state index in [4.69, 9.17) is 21.1 Å². The number of hydrogen-bond acceptors (Lipinski definition) is 5. The maximum Gasteiger partial charge on any atom is 0.283 e. The highest BCUT2D eigenvalue weighted by Gasteiger charge is 2.27. The number of carbonyl (C=O) groups excluding carboxylic acids is 1. The maximum absolute atomic E-state index is 12.6. The van der Waals surface area contributed by atoms with E-state index in [-0.39, 0.29) is 35.5 Å². The van der Waals surface area contributed by atoms with Crippen molar-refractivity contribution >= 4 is 23.2 Å². The van der Waals surface area contributed by atoms with Gasteiger partial charge in [0.05, 0.1) is 11.5 Å². The quantitative estimate of drug-likeness (QED) is 0.616. The Morgan fingerprint density at radius 3 is 2.76 bits per heavy atom. The lowest BCUT2D eigenvalue weighted by Gasteiger charge is -2.29. The van der Waals surface area contributed by atoms with Gasteiger partial charge in [-0.25, -0.2) is 0 Å². The molecule has 130 valence electrons. The van der Waals surface area contributed by atoms with E-state index < -0.39 is 10.8 Å². The zero-order chi connectivity index (χ0) is 18.0. The van der Waals surface area contributed by atoms with Crippen LogP contribution in [-0.4, -0.2) is 42.0 Å². The minimum Gasteiger partial charge on any atom is -0.486 e. The number of nitro groups is 1. The third kappa shape index (κ3) is 3.66. The van der Waals surface area contributed by atoms with Crippen LogP contribution in [0.5, 0.6) is 11.5 Å². The molecule has 8 heteroatoms. The molecule has 0 aliphatic carbocycles. The summed E-state index contributed by atoms with van der Waals surface area (Å²) < 4.78 is 11.4. The van der Waals surface area contributed by atoms with Gasteiger partial charge in [0.25, 0.3) is 11.6 Å². The van der Waals surface area contributed by atoms with Crippen molar-refractivity contribution in [2.24, 2.45) is 0 Å². The molecule has 25 heavy (non-hydrogen) atoms. The highest BCUT2D eigenvalue weighted by Crippen LogP contribution is 2.31. The number of nitrogens with zero attached hydrogens (tertiary/aromatic N) is 2. The molecule has 0 aromatic heterocycles. The van der Waals surface area contributed by atoms with Gasteiger partial charge in [0.15, 0.2) is 17.6 Å². The minimum atomic E-state index is -0.622. The molecule has 0 saturated heterocycles. The summed E-state index contributed by atoms with van der Waals surface area (Å²) in [6, 6.07) is 11.2. The van der Waals surface area contributed by atoms with Crippen LogP contribution in [0.3, 0.4) is 0 Å². The van der Waals surface area contributed by atoms with Gasteiger partial charge >= 0.3 is 0 Å². The van der Waals surface area contributed by atoms with Crippen LogP contribution in [0.1, 0.15) is 10.4 Å². The molecular weight excluding hydrogens is 348 g/mol. The molecule has 2 aromatic carbocycles. The number of amides is 1. The van der Waals surface area contributed by atoms with E-state index in [2.05, 4.69) is 0 Å². The van der Waals surface area contributed by atoms with Crippen LogP contribution in [-0.2, 0) is 0 Å². The lowest BCUT2D eigenvalue weighted by atomic mass is 10.1. The number of nitro benzene ring substituents is 1. The van der Waals surface area contributed by atoms with Gasteiger partial charge in [-0.15, -0.1) is 0 Å². The zero-order valence-corrected chi connectivity index (χ0v) is 14.1. The van der Waals surface area contributed by atoms with Gasteiger partial charge in [-0.05, 0) is 24.3 Å². The largest absolute Gasteiger partial charge is 0.486 e. The Kier molecular flexibility index (Phi) is 4.76. The molecule has 1 atom stereocenters. The monoisotopic (exact) mass is 362 g/mol. The first kappa shape index (κ1) is 17.0. The Labute approximate surface area is 148 Å². The van der Waals surface area contributed by atoms with Crippen molar-refractivity contribution < 1.29 is 19.2 Å². The molecule has 1 aliphatic heterocycles. The fraction of sp³-hybridized carbons (Fsp3) is 0.235. The van der Waals surface area contributed by atoms with Crippen LogP contribution in [0.25, 0.3) is 0 Å². The summed E-state index contributed by atoms with van der Waals surface area (Å²) in [5.74, 6) is 0.781. The first-order valence-electron chi connectivity index (χ1n) is 7.53. The number of rotatable bonds is 4. The van der Waals surface area contributed by atoms with Crippen LogP contribution < -0.4 is 9.47 Å². The van der Waals surface area contributed by atoms with Crippen LogP contribution in [0.4, 0.5) is 5.69 Å². The molecule has 0 saturated carbocycles. The molecule has 0 spiro atoms. The Bertz CT molecular complexity index is 826. The fourth-order valence-electron chi connectivity index (χ4n) is 2.58. The molecular formula is C17H15ClN2O5. The molecule has 2 aromatic rings. The van der Waals surface area contributed by atoms with Crippen LogP contribution in [0.15, 0.2) is 42.5 Å². The van der Waals surface area contributed by atoms with Gasteiger partial charge in [-0.2, -0.15) is 0 Å². The van der Waals surface area contributed by atoms with E-state index in [1.165, 1.54) is 23.1 Å². The molecule has 1 heterocycles. The maximum atomic E-state index is 12.6. The lowest BCUT2D eigenvalue weighted by Crippen LogP contribution is -2.41. The highest BCUT2D eigenvalue weighted by atomic mass is 35.5. The van der Waals surface area contributed by atoms with Crippen molar-refractivity contribution in [2.45, 2.75) is 6.10 Å². The normalized spacial score (nSPS) is 15.5. The number of carbonyl (C=O) groups is 1. The topological polar surface area (TPSA) is 81.9 Å². The Balaban J connectivity index is 1.73. The van der Waals surface area contributed by atoms with Crippen molar-refractivity contribution in [1.82, 2.24) is 4.90 Å². The van der Waals surface area contributed by atoms with Crippen molar-refractivity contribution in [3.8, 4) is 11.5 Å². The molecule has 1 amide bonds. The molecule has 0 fully saturated rings. The second-order valence-electron chi connectivity index (χ2n) is 5.60. The summed E-state index contributed by atoms with van der Waals surface area (Å²) in [6.45, 7) is 0.518. The molecule has 3 rings (SSSR count). The van der Waals surface area contributed by atoms with Gasteiger partial charge in [-0.1, -0.05) is 23.7 Å². The van der Waals surface area contributed by atoms with Crippen molar-refractivity contribution in [3.63, 3.8) is 0 Å². The van der Waals surface area contributed by atoms with Crippen LogP contribution in [0.2, 0.25) is 5.02 Å². The molecule has 1 aliphatic rings. The summed E-state index contributed by atoms with van der Waals surface area (Å²) >= 11 is 5.78. The Hall–Kier alpha value is -2.80. The SMILES string of the molecule is CN(C[C@@H]1COc2ccccc2O1)C(=O)c1ccc(Cl)cc1[N+](=O)[O-]. The van der Waals surface area contributed by atoms with E-state index in [0.717, 1.165) is 0 Å². The third-order valence-electron chi connectivity index (χ3n) is 3.78. The van der Waals surface area contributed by atoms with E-state index >= 15 is 0 Å². The number of likely N-dealkylation sites (N-methyl/N-ethyl adjacent to an activating group) is 1. The van der Waals surface area contributed by atoms with E-state index in [0.29, 0.717) is 11.5 Å². The third-order valence-corrected chi connectivity index (χ3v) is 4.01. The van der Waals surface area contributed by atoms with Crippen LogP contribution >= 0.6 is 11.6 Å². The summed E-state index contributed by atoms with van der Waals surface area (Å²) in [7, 11) is 1.56. The number of ether oxygens (including phenoxy) is 2. The first-order chi connectivity index (χ1) is 12.0. The second kappa shape index (κ2) is 6.98. The Morgan fingerprint density at radius 1 is 1.32 bits per heavy atom. The molecule has 0 radical (unpaired) electrons. The van der Waals surface area contributed by atoms with Gasteiger partial charge < -0.3 is 14.4 Å². The van der Waals surface area contributed by atoms with E-state index in [1.54, 1.807) is 19.2 Å². The summed E-state index contributed by atoms with van der Waals surface area (Å²) in [5.41, 5.74) is -0.343. The van der Waals surface area contributed by atoms with Gasteiger partial charge in [0, 0.05) is 18.1 Å². The predicted molar refractivity (Wildman–Crippen MR) is 91.4 cm³/mol. The average molecular weight is 363 g/mol. The lowest BCUT2D eigenvalue weighted by molar-refractivity contribution is -0.385. The van der Waals surface area contributed by atoms with Crippen molar-refractivity contribution in [1.29, 1.82) is 0 Å². The van der Waals surface area contributed by atoms with Crippen molar-refractivity contribution in [3.05, 3.63) is 63.2 Å². The summed E-state index contributed by atoms with van der Waals surface area (Å²) in [6.07, 6.45) is -0.366. The smallest absolute Gasteiger partial charge is 0.283 e. The number of para-hydroxylation sites is 2. The van der Waals surface area contributed by atoms with E-state index in [1.807, 2.05) is 12.1 Å². The standard InChI is InChI=1S/C17H15ClN2O5/c1-19(9-12-10-24-15-4-2-3-5-16(15)25-12)17(21)13-7-6-11(18)8-14(13)20(22)23/h2-8,12H,9-10H2,1H3/t12-/m1/s1. The summed E-state index contributed by atoms with van der Waals surface area (Å²) in [5, 5.41) is 11.4.